The number of rotatable bonds is 5. The van der Waals surface area contributed by atoms with Gasteiger partial charge in [0.25, 0.3) is 5.91 Å². The zero-order valence-corrected chi connectivity index (χ0v) is 14.8. The molecule has 2 aliphatic rings. The molecule has 3 heterocycles. The fourth-order valence-corrected chi connectivity index (χ4v) is 3.54. The molecule has 0 aromatic carbocycles. The summed E-state index contributed by atoms with van der Waals surface area (Å²) in [6.07, 6.45) is 5.58. The van der Waals surface area contributed by atoms with Gasteiger partial charge in [-0.1, -0.05) is 0 Å². The minimum Gasteiger partial charge on any atom is -0.366 e. The Kier molecular flexibility index (Phi) is 5.86. The smallest absolute Gasteiger partial charge is 0.253 e. The molecule has 2 fully saturated rings. The van der Waals surface area contributed by atoms with Crippen molar-refractivity contribution in [2.24, 2.45) is 0 Å². The van der Waals surface area contributed by atoms with Gasteiger partial charge >= 0.3 is 0 Å². The van der Waals surface area contributed by atoms with Gasteiger partial charge in [0.05, 0.1) is 13.2 Å². The van der Waals surface area contributed by atoms with E-state index in [0.29, 0.717) is 19.2 Å². The second-order valence-electron chi connectivity index (χ2n) is 6.91. The maximum Gasteiger partial charge on any atom is 0.253 e. The molecule has 0 bridgehead atoms. The Bertz CT molecular complexity index is 513. The standard InChI is InChI=1S/C17H29N5O2/c1-19-12-13-24-16(14-19)17(23)20(2)15-4-8-21(9-5-15)10-11-22-7-3-6-18-22/h3,6-7,15-16H,4-5,8-14H2,1-2H3. The molecule has 2 aliphatic heterocycles. The summed E-state index contributed by atoms with van der Waals surface area (Å²) in [5.41, 5.74) is 0. The van der Waals surface area contributed by atoms with Crippen LogP contribution in [0.4, 0.5) is 0 Å². The first kappa shape index (κ1) is 17.4. The van der Waals surface area contributed by atoms with Crippen LogP contribution < -0.4 is 0 Å². The Balaban J connectivity index is 1.42. The largest absolute Gasteiger partial charge is 0.366 e. The van der Waals surface area contributed by atoms with Gasteiger partial charge in [-0.2, -0.15) is 5.10 Å². The number of likely N-dealkylation sites (N-methyl/N-ethyl adjacent to an activating group) is 2. The average molecular weight is 335 g/mol. The molecular weight excluding hydrogens is 306 g/mol. The number of piperidine rings is 1. The lowest BCUT2D eigenvalue weighted by molar-refractivity contribution is -0.150. The van der Waals surface area contributed by atoms with Gasteiger partial charge in [-0.05, 0) is 26.0 Å². The molecule has 24 heavy (non-hydrogen) atoms. The molecule has 1 atom stereocenters. The first-order valence-electron chi connectivity index (χ1n) is 8.90. The highest BCUT2D eigenvalue weighted by Crippen LogP contribution is 2.17. The summed E-state index contributed by atoms with van der Waals surface area (Å²) in [6, 6.07) is 2.28. The van der Waals surface area contributed by atoms with Crippen LogP contribution in [-0.2, 0) is 16.1 Å². The van der Waals surface area contributed by atoms with Gasteiger partial charge in [-0.3, -0.25) is 9.48 Å². The zero-order valence-electron chi connectivity index (χ0n) is 14.8. The Morgan fingerprint density at radius 2 is 2.08 bits per heavy atom. The van der Waals surface area contributed by atoms with Crippen LogP contribution in [-0.4, -0.2) is 96.0 Å². The number of hydrogen-bond acceptors (Lipinski definition) is 5. The van der Waals surface area contributed by atoms with Crippen LogP contribution in [0.15, 0.2) is 18.5 Å². The van der Waals surface area contributed by atoms with E-state index in [4.69, 9.17) is 4.74 Å². The number of carbonyl (C=O) groups excluding carboxylic acids is 1. The summed E-state index contributed by atoms with van der Waals surface area (Å²) < 4.78 is 7.64. The van der Waals surface area contributed by atoms with E-state index in [1.54, 1.807) is 0 Å². The van der Waals surface area contributed by atoms with Crippen molar-refractivity contribution < 1.29 is 9.53 Å². The maximum absolute atomic E-state index is 12.7. The lowest BCUT2D eigenvalue weighted by atomic mass is 10.0. The minimum absolute atomic E-state index is 0.136. The number of hydrogen-bond donors (Lipinski definition) is 0. The molecule has 1 aromatic rings. The lowest BCUT2D eigenvalue weighted by Crippen LogP contribution is -2.53. The van der Waals surface area contributed by atoms with Crippen LogP contribution in [0.3, 0.4) is 0 Å². The first-order chi connectivity index (χ1) is 11.6. The van der Waals surface area contributed by atoms with Crippen molar-refractivity contribution in [1.29, 1.82) is 0 Å². The Morgan fingerprint density at radius 1 is 1.29 bits per heavy atom. The molecule has 0 N–H and O–H groups in total. The van der Waals surface area contributed by atoms with E-state index in [1.807, 2.05) is 42.1 Å². The van der Waals surface area contributed by atoms with Gasteiger partial charge in [0.2, 0.25) is 0 Å². The molecule has 2 saturated heterocycles. The van der Waals surface area contributed by atoms with Crippen LogP contribution in [0.5, 0.6) is 0 Å². The number of nitrogens with zero attached hydrogens (tertiary/aromatic N) is 5. The Morgan fingerprint density at radius 3 is 2.75 bits per heavy atom. The third-order valence-electron chi connectivity index (χ3n) is 5.20. The Labute approximate surface area is 144 Å². The zero-order chi connectivity index (χ0) is 16.9. The van der Waals surface area contributed by atoms with E-state index in [2.05, 4.69) is 14.9 Å². The fraction of sp³-hybridized carbons (Fsp3) is 0.765. The maximum atomic E-state index is 12.7. The molecule has 7 nitrogen and oxygen atoms in total. The lowest BCUT2D eigenvalue weighted by Gasteiger charge is -2.39. The predicted octanol–water partition coefficient (Wildman–Crippen LogP) is 0.137. The normalized spacial score (nSPS) is 24.2. The quantitative estimate of drug-likeness (QED) is 0.766. The van der Waals surface area contributed by atoms with Crippen LogP contribution in [0.1, 0.15) is 12.8 Å². The van der Waals surface area contributed by atoms with Crippen molar-refractivity contribution in [3.05, 3.63) is 18.5 Å². The van der Waals surface area contributed by atoms with Crippen LogP contribution in [0.2, 0.25) is 0 Å². The summed E-state index contributed by atoms with van der Waals surface area (Å²) >= 11 is 0. The van der Waals surface area contributed by atoms with Crippen molar-refractivity contribution >= 4 is 5.91 Å². The van der Waals surface area contributed by atoms with Crippen molar-refractivity contribution in [3.63, 3.8) is 0 Å². The summed E-state index contributed by atoms with van der Waals surface area (Å²) in [4.78, 5) is 19.2. The molecule has 134 valence electrons. The summed E-state index contributed by atoms with van der Waals surface area (Å²) in [5.74, 6) is 0.136. The predicted molar refractivity (Wildman–Crippen MR) is 91.7 cm³/mol. The topological polar surface area (TPSA) is 53.8 Å². The van der Waals surface area contributed by atoms with Crippen molar-refractivity contribution in [2.45, 2.75) is 31.5 Å². The average Bonchev–Trinajstić information content (AvgIpc) is 3.13. The van der Waals surface area contributed by atoms with E-state index in [-0.39, 0.29) is 12.0 Å². The Hall–Kier alpha value is -1.44. The fourth-order valence-electron chi connectivity index (χ4n) is 3.54. The highest BCUT2D eigenvalue weighted by molar-refractivity contribution is 5.81. The molecule has 0 spiro atoms. The van der Waals surface area contributed by atoms with E-state index in [9.17, 15) is 4.79 Å². The van der Waals surface area contributed by atoms with E-state index < -0.39 is 0 Å². The molecule has 1 aromatic heterocycles. The van der Waals surface area contributed by atoms with Crippen molar-refractivity contribution in [2.75, 3.05) is 53.4 Å². The summed E-state index contributed by atoms with van der Waals surface area (Å²) in [7, 11) is 3.98. The van der Waals surface area contributed by atoms with E-state index in [0.717, 1.165) is 45.6 Å². The highest BCUT2D eigenvalue weighted by Gasteiger charge is 2.32. The van der Waals surface area contributed by atoms with Gasteiger partial charge in [0, 0.05) is 58.2 Å². The summed E-state index contributed by atoms with van der Waals surface area (Å²) in [6.45, 7) is 6.27. The molecule has 1 unspecified atom stereocenters. The van der Waals surface area contributed by atoms with Gasteiger partial charge in [0.1, 0.15) is 6.10 Å². The van der Waals surface area contributed by atoms with E-state index in [1.165, 1.54) is 0 Å². The third kappa shape index (κ3) is 4.34. The number of carbonyl (C=O) groups is 1. The molecule has 0 aliphatic carbocycles. The van der Waals surface area contributed by atoms with Gasteiger partial charge in [-0.15, -0.1) is 0 Å². The third-order valence-corrected chi connectivity index (χ3v) is 5.20. The highest BCUT2D eigenvalue weighted by atomic mass is 16.5. The SMILES string of the molecule is CN1CCOC(C(=O)N(C)C2CCN(CCn3cccn3)CC2)C1. The number of morpholine rings is 1. The molecule has 0 saturated carbocycles. The second kappa shape index (κ2) is 8.09. The molecule has 7 heteroatoms. The monoisotopic (exact) mass is 335 g/mol. The first-order valence-corrected chi connectivity index (χ1v) is 8.90. The number of aromatic nitrogens is 2. The van der Waals surface area contributed by atoms with E-state index >= 15 is 0 Å². The molecule has 3 rings (SSSR count). The number of ether oxygens (including phenoxy) is 1. The van der Waals surface area contributed by atoms with Crippen molar-refractivity contribution in [1.82, 2.24) is 24.5 Å². The molecule has 1 amide bonds. The van der Waals surface area contributed by atoms with Crippen LogP contribution >= 0.6 is 0 Å². The minimum atomic E-state index is -0.299. The number of likely N-dealkylation sites (tertiary alicyclic amines) is 1. The van der Waals surface area contributed by atoms with Crippen LogP contribution in [0, 0.1) is 0 Å². The van der Waals surface area contributed by atoms with Gasteiger partial charge in [-0.25, -0.2) is 0 Å². The van der Waals surface area contributed by atoms with Gasteiger partial charge in [0.15, 0.2) is 0 Å². The van der Waals surface area contributed by atoms with Crippen molar-refractivity contribution in [3.8, 4) is 0 Å². The van der Waals surface area contributed by atoms with Crippen LogP contribution in [0.25, 0.3) is 0 Å². The molecular formula is C17H29N5O2. The van der Waals surface area contributed by atoms with Gasteiger partial charge < -0.3 is 19.4 Å². The number of amides is 1. The summed E-state index contributed by atoms with van der Waals surface area (Å²) in [5, 5.41) is 4.24. The second-order valence-corrected chi connectivity index (χ2v) is 6.91. The molecule has 0 radical (unpaired) electrons.